The van der Waals surface area contributed by atoms with E-state index in [2.05, 4.69) is 32.9 Å². The molecule has 1 spiro atoms. The van der Waals surface area contributed by atoms with Crippen LogP contribution >= 0.6 is 0 Å². The minimum Gasteiger partial charge on any atom is -0.0879 e. The Labute approximate surface area is 121 Å². The lowest BCUT2D eigenvalue weighted by Crippen LogP contribution is -2.29. The van der Waals surface area contributed by atoms with Crippen LogP contribution in [0.25, 0.3) is 0 Å². The second-order valence-corrected chi connectivity index (χ2v) is 7.17. The van der Waals surface area contributed by atoms with Gasteiger partial charge in [0.2, 0.25) is 0 Å². The number of allylic oxidation sites excluding steroid dienone is 2. The van der Waals surface area contributed by atoms with Crippen molar-refractivity contribution in [1.29, 1.82) is 0 Å². The van der Waals surface area contributed by atoms with Crippen LogP contribution in [0.2, 0.25) is 0 Å². The van der Waals surface area contributed by atoms with Crippen LogP contribution < -0.4 is 0 Å². The normalized spacial score (nSPS) is 47.3. The summed E-state index contributed by atoms with van der Waals surface area (Å²) < 4.78 is 0. The fourth-order valence-corrected chi connectivity index (χ4v) is 5.72. The summed E-state index contributed by atoms with van der Waals surface area (Å²) in [5, 5.41) is 0. The number of rotatable bonds is 2. The van der Waals surface area contributed by atoms with E-state index in [1.165, 1.54) is 38.5 Å². The quantitative estimate of drug-likeness (QED) is 0.529. The molecule has 0 nitrogen and oxygen atoms in total. The average molecular weight is 262 g/mol. The van der Waals surface area contributed by atoms with Crippen LogP contribution in [0.5, 0.6) is 0 Å². The van der Waals surface area contributed by atoms with E-state index in [0.29, 0.717) is 0 Å². The van der Waals surface area contributed by atoms with E-state index in [1.54, 1.807) is 0 Å². The molecule has 3 rings (SSSR count). The Balaban J connectivity index is 0.000000637. The molecule has 110 valence electrons. The largest absolute Gasteiger partial charge is 0.0879 e. The Hall–Kier alpha value is -0.260. The van der Waals surface area contributed by atoms with Crippen LogP contribution in [0.4, 0.5) is 0 Å². The molecule has 4 unspecified atom stereocenters. The summed E-state index contributed by atoms with van der Waals surface area (Å²) in [7, 11) is 0. The van der Waals surface area contributed by atoms with Crippen LogP contribution in [0.1, 0.15) is 73.1 Å². The third-order valence-electron chi connectivity index (χ3n) is 6.45. The van der Waals surface area contributed by atoms with E-state index in [9.17, 15) is 0 Å². The van der Waals surface area contributed by atoms with Crippen LogP contribution in [0.15, 0.2) is 12.2 Å². The van der Waals surface area contributed by atoms with Crippen molar-refractivity contribution in [2.24, 2.45) is 35.0 Å². The van der Waals surface area contributed by atoms with Gasteiger partial charge in [-0.1, -0.05) is 59.6 Å². The van der Waals surface area contributed by atoms with Crippen molar-refractivity contribution in [2.75, 3.05) is 0 Å². The van der Waals surface area contributed by atoms with Gasteiger partial charge in [0, 0.05) is 0 Å². The molecule has 0 radical (unpaired) electrons. The van der Waals surface area contributed by atoms with E-state index in [1.807, 2.05) is 13.8 Å². The first-order chi connectivity index (χ1) is 9.19. The molecule has 0 aromatic rings. The van der Waals surface area contributed by atoms with Gasteiger partial charge in [-0.25, -0.2) is 0 Å². The predicted octanol–water partition coefficient (Wildman–Crippen LogP) is 6.08. The molecule has 0 heterocycles. The van der Waals surface area contributed by atoms with Crippen molar-refractivity contribution in [3.05, 3.63) is 12.2 Å². The predicted molar refractivity (Wildman–Crippen MR) is 85.1 cm³/mol. The second-order valence-electron chi connectivity index (χ2n) is 7.17. The maximum absolute atomic E-state index is 2.59. The van der Waals surface area contributed by atoms with Crippen molar-refractivity contribution in [2.45, 2.75) is 73.1 Å². The van der Waals surface area contributed by atoms with Crippen molar-refractivity contribution in [3.63, 3.8) is 0 Å². The van der Waals surface area contributed by atoms with Crippen LogP contribution in [0, 0.1) is 35.0 Å². The van der Waals surface area contributed by atoms with Gasteiger partial charge in [0.1, 0.15) is 0 Å². The first-order valence-electron chi connectivity index (χ1n) is 8.85. The van der Waals surface area contributed by atoms with E-state index < -0.39 is 0 Å². The van der Waals surface area contributed by atoms with Crippen molar-refractivity contribution in [1.82, 2.24) is 0 Å². The van der Waals surface area contributed by atoms with Crippen LogP contribution in [-0.2, 0) is 0 Å². The zero-order valence-corrected chi connectivity index (χ0v) is 13.8. The highest BCUT2D eigenvalue weighted by Gasteiger charge is 2.58. The number of hydrogen-bond acceptors (Lipinski definition) is 0. The third-order valence-corrected chi connectivity index (χ3v) is 6.45. The summed E-state index contributed by atoms with van der Waals surface area (Å²) in [5.74, 6) is 4.91. The van der Waals surface area contributed by atoms with E-state index in [0.717, 1.165) is 35.0 Å². The molecule has 3 aliphatic carbocycles. The highest BCUT2D eigenvalue weighted by atomic mass is 14.6. The summed E-state index contributed by atoms with van der Waals surface area (Å²) in [4.78, 5) is 0. The zero-order valence-electron chi connectivity index (χ0n) is 13.8. The van der Waals surface area contributed by atoms with Gasteiger partial charge in [0.15, 0.2) is 0 Å². The molecular weight excluding hydrogens is 228 g/mol. The Bertz CT molecular complexity index is 316. The van der Waals surface area contributed by atoms with Gasteiger partial charge in [0.05, 0.1) is 0 Å². The van der Waals surface area contributed by atoms with Crippen molar-refractivity contribution >= 4 is 0 Å². The first-order valence-corrected chi connectivity index (χ1v) is 8.85. The zero-order chi connectivity index (χ0) is 14.0. The second kappa shape index (κ2) is 6.02. The lowest BCUT2D eigenvalue weighted by molar-refractivity contribution is 0.131. The molecule has 0 heteroatoms. The first kappa shape index (κ1) is 15.1. The van der Waals surface area contributed by atoms with E-state index in [-0.39, 0.29) is 0 Å². The maximum Gasteiger partial charge on any atom is -0.0166 e. The monoisotopic (exact) mass is 262 g/mol. The fourth-order valence-electron chi connectivity index (χ4n) is 5.72. The molecule has 19 heavy (non-hydrogen) atoms. The van der Waals surface area contributed by atoms with Crippen molar-refractivity contribution < 1.29 is 0 Å². The average Bonchev–Trinajstić information content (AvgIpc) is 3.08. The topological polar surface area (TPSA) is 0 Å². The van der Waals surface area contributed by atoms with Crippen molar-refractivity contribution in [3.8, 4) is 0 Å². The number of hydrogen-bond donors (Lipinski definition) is 0. The SMILES string of the molecule is CC.CCCC1C2C=CCC2C2(CC[C@@H](C)C2)[C@H]1C. The molecule has 2 saturated carbocycles. The molecule has 0 aromatic heterocycles. The minimum atomic E-state index is 0.730. The molecule has 0 aliphatic heterocycles. The van der Waals surface area contributed by atoms with Gasteiger partial charge < -0.3 is 0 Å². The molecule has 0 bridgehead atoms. The fraction of sp³-hybridized carbons (Fsp3) is 0.895. The maximum atomic E-state index is 2.59. The smallest absolute Gasteiger partial charge is 0.0166 e. The Morgan fingerprint density at radius 2 is 1.95 bits per heavy atom. The van der Waals surface area contributed by atoms with Gasteiger partial charge in [-0.15, -0.1) is 0 Å². The highest BCUT2D eigenvalue weighted by Crippen LogP contribution is 2.66. The summed E-state index contributed by atoms with van der Waals surface area (Å²) in [6, 6.07) is 0. The molecule has 6 atom stereocenters. The minimum absolute atomic E-state index is 0.730. The Kier molecular flexibility index (Phi) is 4.79. The highest BCUT2D eigenvalue weighted by molar-refractivity contribution is 5.17. The number of fused-ring (bicyclic) bond motifs is 2. The van der Waals surface area contributed by atoms with Gasteiger partial charge in [-0.3, -0.25) is 0 Å². The van der Waals surface area contributed by atoms with Gasteiger partial charge in [0.25, 0.3) is 0 Å². The molecule has 3 aliphatic rings. The standard InChI is InChI=1S/C17H28.C2H6/c1-4-6-14-13(3)17(10-9-12(2)11-17)16-8-5-7-15(14)16;1-2/h5,7,12-16H,4,6,8-11H2,1-3H3;1-2H3/t12-,13+,14?,15?,16?,17?;/m1./s1. The molecule has 0 N–H and O–H groups in total. The lowest BCUT2D eigenvalue weighted by atomic mass is 9.69. The Morgan fingerprint density at radius 3 is 2.53 bits per heavy atom. The summed E-state index contributed by atoms with van der Waals surface area (Å²) in [5.41, 5.74) is 0.730. The van der Waals surface area contributed by atoms with Gasteiger partial charge in [-0.2, -0.15) is 0 Å². The van der Waals surface area contributed by atoms with E-state index in [4.69, 9.17) is 0 Å². The summed E-state index contributed by atoms with van der Waals surface area (Å²) in [6.07, 6.45) is 13.8. The molecule has 0 amide bonds. The summed E-state index contributed by atoms with van der Waals surface area (Å²) >= 11 is 0. The van der Waals surface area contributed by atoms with Crippen LogP contribution in [-0.4, -0.2) is 0 Å². The summed E-state index contributed by atoms with van der Waals surface area (Å²) in [6.45, 7) is 11.4. The van der Waals surface area contributed by atoms with Crippen LogP contribution in [0.3, 0.4) is 0 Å². The molecular formula is C19H34. The van der Waals surface area contributed by atoms with Gasteiger partial charge in [-0.05, 0) is 60.7 Å². The van der Waals surface area contributed by atoms with E-state index >= 15 is 0 Å². The molecule has 2 fully saturated rings. The molecule has 0 aromatic carbocycles. The molecule has 0 saturated heterocycles. The lowest BCUT2D eigenvalue weighted by Gasteiger charge is -2.36. The van der Waals surface area contributed by atoms with Gasteiger partial charge >= 0.3 is 0 Å². The Morgan fingerprint density at radius 1 is 1.21 bits per heavy atom. The third kappa shape index (κ3) is 2.30.